The number of benzene rings is 1. The van der Waals surface area contributed by atoms with Crippen LogP contribution >= 0.6 is 27.5 Å². The highest BCUT2D eigenvalue weighted by atomic mass is 79.9. The van der Waals surface area contributed by atoms with Crippen LogP contribution in [-0.2, 0) is 10.1 Å². The highest BCUT2D eigenvalue weighted by Gasteiger charge is 2.11. The largest absolute Gasteiger partial charge is 0.493 e. The molecule has 0 aliphatic carbocycles. The van der Waals surface area contributed by atoms with Crippen molar-refractivity contribution in [1.82, 2.24) is 0 Å². The van der Waals surface area contributed by atoms with Gasteiger partial charge in [0.2, 0.25) is 0 Å². The van der Waals surface area contributed by atoms with Gasteiger partial charge in [-0.2, -0.15) is 0 Å². The first-order valence-electron chi connectivity index (χ1n) is 5.27. The van der Waals surface area contributed by atoms with Gasteiger partial charge in [-0.3, -0.25) is 0 Å². The third-order valence-electron chi connectivity index (χ3n) is 2.20. The van der Waals surface area contributed by atoms with Gasteiger partial charge in [0.1, 0.15) is 0 Å². The molecule has 0 aliphatic rings. The van der Waals surface area contributed by atoms with Crippen LogP contribution in [-0.4, -0.2) is 27.4 Å². The molecule has 0 bridgehead atoms. The monoisotopic (exact) mass is 322 g/mol. The molecule has 0 saturated carbocycles. The van der Waals surface area contributed by atoms with E-state index >= 15 is 0 Å². The smallest absolute Gasteiger partial charge is 0.165 e. The molecule has 1 rings (SSSR count). The first-order valence-corrected chi connectivity index (χ1v) is 6.77. The number of alkyl halides is 1. The molecule has 0 N–H and O–H groups in total. The lowest BCUT2D eigenvalue weighted by atomic mass is 10.2. The molecule has 1 aromatic rings. The predicted molar refractivity (Wildman–Crippen MR) is 72.6 cm³/mol. The summed E-state index contributed by atoms with van der Waals surface area (Å²) in [5, 5.41) is 1.31. The maximum atomic E-state index is 5.99. The van der Waals surface area contributed by atoms with Crippen molar-refractivity contribution in [2.24, 2.45) is 0 Å². The van der Waals surface area contributed by atoms with Crippen LogP contribution in [0.25, 0.3) is 0 Å². The normalized spacial score (nSPS) is 10.4. The van der Waals surface area contributed by atoms with Crippen LogP contribution in [0.15, 0.2) is 12.1 Å². The van der Waals surface area contributed by atoms with E-state index in [0.29, 0.717) is 29.3 Å². The Bertz CT molecular complexity index is 333. The van der Waals surface area contributed by atoms with Gasteiger partial charge in [0.05, 0.1) is 13.7 Å². The second kappa shape index (κ2) is 7.80. The van der Waals surface area contributed by atoms with Gasteiger partial charge < -0.3 is 14.2 Å². The number of halogens is 2. The van der Waals surface area contributed by atoms with E-state index in [0.717, 1.165) is 17.7 Å². The Morgan fingerprint density at radius 2 is 2.00 bits per heavy atom. The fraction of sp³-hybridized carbons (Fsp3) is 0.500. The Hall–Kier alpha value is -0.450. The number of methoxy groups -OCH3 is 2. The standard InChI is InChI=1S/C12H16BrClO3/c1-15-4-3-5-17-12-9(8-13)6-10(14)7-11(12)16-2/h6-7H,3-5,8H2,1-2H3. The maximum Gasteiger partial charge on any atom is 0.165 e. The van der Waals surface area contributed by atoms with Crippen LogP contribution in [0.2, 0.25) is 5.02 Å². The van der Waals surface area contributed by atoms with Crippen LogP contribution in [0.4, 0.5) is 0 Å². The van der Waals surface area contributed by atoms with Crippen LogP contribution < -0.4 is 9.47 Å². The molecule has 0 fully saturated rings. The lowest BCUT2D eigenvalue weighted by Crippen LogP contribution is -2.04. The Balaban J connectivity index is 2.79. The van der Waals surface area contributed by atoms with Crippen molar-refractivity contribution in [3.8, 4) is 11.5 Å². The molecular weight excluding hydrogens is 307 g/mol. The topological polar surface area (TPSA) is 27.7 Å². The van der Waals surface area contributed by atoms with Gasteiger partial charge in [-0.25, -0.2) is 0 Å². The van der Waals surface area contributed by atoms with Crippen LogP contribution in [0.5, 0.6) is 11.5 Å². The molecule has 0 saturated heterocycles. The number of rotatable bonds is 7. The summed E-state index contributed by atoms with van der Waals surface area (Å²) in [6, 6.07) is 3.61. The lowest BCUT2D eigenvalue weighted by Gasteiger charge is -2.14. The fourth-order valence-electron chi connectivity index (χ4n) is 1.41. The van der Waals surface area contributed by atoms with E-state index in [1.54, 1.807) is 20.3 Å². The minimum absolute atomic E-state index is 0.589. The van der Waals surface area contributed by atoms with Crippen molar-refractivity contribution in [3.63, 3.8) is 0 Å². The Morgan fingerprint density at radius 3 is 2.59 bits per heavy atom. The molecule has 96 valence electrons. The Labute approximate surface area is 115 Å². The summed E-state index contributed by atoms with van der Waals surface area (Å²) in [7, 11) is 3.28. The number of hydrogen-bond donors (Lipinski definition) is 0. The van der Waals surface area contributed by atoms with Crippen molar-refractivity contribution >= 4 is 27.5 Å². The molecule has 5 heteroatoms. The van der Waals surface area contributed by atoms with Gasteiger partial charge in [0.25, 0.3) is 0 Å². The van der Waals surface area contributed by atoms with Gasteiger partial charge in [-0.15, -0.1) is 0 Å². The van der Waals surface area contributed by atoms with Gasteiger partial charge in [0, 0.05) is 42.1 Å². The molecule has 0 unspecified atom stereocenters. The number of ether oxygens (including phenoxy) is 3. The third kappa shape index (κ3) is 4.37. The van der Waals surface area contributed by atoms with E-state index in [9.17, 15) is 0 Å². The molecule has 1 aromatic carbocycles. The highest BCUT2D eigenvalue weighted by Crippen LogP contribution is 2.35. The van der Waals surface area contributed by atoms with Crippen LogP contribution in [0, 0.1) is 0 Å². The fourth-order valence-corrected chi connectivity index (χ4v) is 2.06. The van der Waals surface area contributed by atoms with E-state index in [1.807, 2.05) is 6.07 Å². The molecule has 0 atom stereocenters. The summed E-state index contributed by atoms with van der Waals surface area (Å²) in [6.07, 6.45) is 0.837. The van der Waals surface area contributed by atoms with E-state index in [1.165, 1.54) is 0 Å². The summed E-state index contributed by atoms with van der Waals surface area (Å²) in [5.41, 5.74) is 0.978. The minimum Gasteiger partial charge on any atom is -0.493 e. The zero-order chi connectivity index (χ0) is 12.7. The summed E-state index contributed by atoms with van der Waals surface area (Å²) < 4.78 is 15.9. The summed E-state index contributed by atoms with van der Waals surface area (Å²) in [6.45, 7) is 1.27. The summed E-state index contributed by atoms with van der Waals surface area (Å²) in [4.78, 5) is 0. The summed E-state index contributed by atoms with van der Waals surface area (Å²) in [5.74, 6) is 1.40. The molecule has 0 heterocycles. The molecule has 17 heavy (non-hydrogen) atoms. The quantitative estimate of drug-likeness (QED) is 0.566. The average Bonchev–Trinajstić information content (AvgIpc) is 2.35. The van der Waals surface area contributed by atoms with Crippen molar-refractivity contribution in [2.75, 3.05) is 27.4 Å². The van der Waals surface area contributed by atoms with E-state index in [4.69, 9.17) is 25.8 Å². The van der Waals surface area contributed by atoms with Gasteiger partial charge in [0.15, 0.2) is 11.5 Å². The van der Waals surface area contributed by atoms with Gasteiger partial charge in [-0.05, 0) is 6.07 Å². The molecule has 0 aromatic heterocycles. The van der Waals surface area contributed by atoms with Crippen LogP contribution in [0.1, 0.15) is 12.0 Å². The minimum atomic E-state index is 0.589. The maximum absolute atomic E-state index is 5.99. The molecule has 0 spiro atoms. The van der Waals surface area contributed by atoms with Crippen molar-refractivity contribution in [3.05, 3.63) is 22.7 Å². The van der Waals surface area contributed by atoms with E-state index in [-0.39, 0.29) is 0 Å². The Morgan fingerprint density at radius 1 is 1.24 bits per heavy atom. The summed E-state index contributed by atoms with van der Waals surface area (Å²) >= 11 is 9.40. The molecule has 0 aliphatic heterocycles. The average molecular weight is 324 g/mol. The third-order valence-corrected chi connectivity index (χ3v) is 3.02. The van der Waals surface area contributed by atoms with Crippen molar-refractivity contribution in [2.45, 2.75) is 11.8 Å². The second-order valence-electron chi connectivity index (χ2n) is 3.42. The SMILES string of the molecule is COCCCOc1c(CBr)cc(Cl)cc1OC. The Kier molecular flexibility index (Phi) is 6.70. The van der Waals surface area contributed by atoms with E-state index < -0.39 is 0 Å². The second-order valence-corrected chi connectivity index (χ2v) is 4.42. The molecule has 3 nitrogen and oxygen atoms in total. The molecule has 0 radical (unpaired) electrons. The van der Waals surface area contributed by atoms with Crippen molar-refractivity contribution < 1.29 is 14.2 Å². The highest BCUT2D eigenvalue weighted by molar-refractivity contribution is 9.08. The van der Waals surface area contributed by atoms with Crippen molar-refractivity contribution in [1.29, 1.82) is 0 Å². The predicted octanol–water partition coefficient (Wildman–Crippen LogP) is 3.66. The van der Waals surface area contributed by atoms with Gasteiger partial charge >= 0.3 is 0 Å². The zero-order valence-corrected chi connectivity index (χ0v) is 12.3. The lowest BCUT2D eigenvalue weighted by molar-refractivity contribution is 0.170. The molecular formula is C12H16BrClO3. The number of hydrogen-bond acceptors (Lipinski definition) is 3. The first-order chi connectivity index (χ1) is 8.22. The van der Waals surface area contributed by atoms with Gasteiger partial charge in [-0.1, -0.05) is 27.5 Å². The van der Waals surface area contributed by atoms with Crippen LogP contribution in [0.3, 0.4) is 0 Å². The van der Waals surface area contributed by atoms with E-state index in [2.05, 4.69) is 15.9 Å². The first kappa shape index (κ1) is 14.6. The molecule has 0 amide bonds. The zero-order valence-electron chi connectivity index (χ0n) is 9.96.